The molecule has 4 heteroatoms. The lowest BCUT2D eigenvalue weighted by atomic mass is 10.3. The Kier molecular flexibility index (Phi) is 8.61. The number of ether oxygens (including phenoxy) is 2. The fourth-order valence-corrected chi connectivity index (χ4v) is 2.27. The number of likely N-dealkylation sites (N-methyl/N-ethyl adjacent to an activating group) is 1. The van der Waals surface area contributed by atoms with Crippen LogP contribution >= 0.6 is 0 Å². The van der Waals surface area contributed by atoms with E-state index in [2.05, 4.69) is 17.1 Å². The van der Waals surface area contributed by atoms with Gasteiger partial charge in [0.15, 0.2) is 0 Å². The van der Waals surface area contributed by atoms with Crippen molar-refractivity contribution in [2.45, 2.75) is 32.2 Å². The molecule has 1 rings (SSSR count). The number of unbranched alkanes of at least 4 members (excludes halogenated alkanes) is 1. The van der Waals surface area contributed by atoms with E-state index >= 15 is 0 Å². The van der Waals surface area contributed by atoms with Crippen molar-refractivity contribution in [3.05, 3.63) is 0 Å². The van der Waals surface area contributed by atoms with Crippen LogP contribution in [0, 0.1) is 0 Å². The van der Waals surface area contributed by atoms with Gasteiger partial charge in [-0.25, -0.2) is 0 Å². The summed E-state index contributed by atoms with van der Waals surface area (Å²) < 4.78 is 10.4. The first kappa shape index (κ1) is 14.9. The maximum atomic E-state index is 5.44. The van der Waals surface area contributed by atoms with Crippen LogP contribution in [0.25, 0.3) is 0 Å². The van der Waals surface area contributed by atoms with E-state index in [9.17, 15) is 0 Å². The number of nitrogens with one attached hydrogen (secondary N) is 1. The molecule has 1 unspecified atom stereocenters. The Bertz CT molecular complexity index is 179. The van der Waals surface area contributed by atoms with Crippen LogP contribution in [0.3, 0.4) is 0 Å². The minimum Gasteiger partial charge on any atom is -0.382 e. The third-order valence-corrected chi connectivity index (χ3v) is 3.21. The van der Waals surface area contributed by atoms with E-state index in [-0.39, 0.29) is 0 Å². The van der Waals surface area contributed by atoms with Crippen LogP contribution < -0.4 is 5.32 Å². The highest BCUT2D eigenvalue weighted by Crippen LogP contribution is 2.09. The number of rotatable bonds is 10. The Labute approximate surface area is 106 Å². The molecule has 0 aromatic carbocycles. The predicted molar refractivity (Wildman–Crippen MR) is 70.5 cm³/mol. The van der Waals surface area contributed by atoms with Crippen LogP contribution in [0.1, 0.15) is 26.2 Å². The lowest BCUT2D eigenvalue weighted by Crippen LogP contribution is -2.32. The van der Waals surface area contributed by atoms with Crippen LogP contribution in [0.5, 0.6) is 0 Å². The quantitative estimate of drug-likeness (QED) is 0.584. The topological polar surface area (TPSA) is 33.7 Å². The average molecular weight is 244 g/mol. The van der Waals surface area contributed by atoms with Gasteiger partial charge in [0.05, 0.1) is 13.2 Å². The van der Waals surface area contributed by atoms with Crippen molar-refractivity contribution >= 4 is 0 Å². The molecule has 1 aliphatic heterocycles. The van der Waals surface area contributed by atoms with Gasteiger partial charge in [-0.1, -0.05) is 6.92 Å². The van der Waals surface area contributed by atoms with Crippen molar-refractivity contribution in [3.8, 4) is 0 Å². The van der Waals surface area contributed by atoms with Gasteiger partial charge in [0, 0.05) is 26.3 Å². The molecule has 1 saturated heterocycles. The first-order chi connectivity index (χ1) is 8.36. The average Bonchev–Trinajstić information content (AvgIpc) is 2.76. The van der Waals surface area contributed by atoms with Crippen molar-refractivity contribution in [1.29, 1.82) is 0 Å². The molecule has 4 nitrogen and oxygen atoms in total. The first-order valence-electron chi connectivity index (χ1n) is 6.89. The molecule has 1 fully saturated rings. The molecular formula is C13H28N2O2. The third kappa shape index (κ3) is 6.99. The van der Waals surface area contributed by atoms with E-state index in [0.29, 0.717) is 6.61 Å². The lowest BCUT2D eigenvalue weighted by Gasteiger charge is -2.16. The maximum Gasteiger partial charge on any atom is 0.0700 e. The van der Waals surface area contributed by atoms with Crippen LogP contribution in [0.15, 0.2) is 0 Å². The fraction of sp³-hybridized carbons (Fsp3) is 1.00. The molecule has 0 aromatic rings. The van der Waals surface area contributed by atoms with Crippen molar-refractivity contribution in [3.63, 3.8) is 0 Å². The van der Waals surface area contributed by atoms with Crippen molar-refractivity contribution < 1.29 is 9.47 Å². The zero-order valence-electron chi connectivity index (χ0n) is 11.4. The Morgan fingerprint density at radius 3 is 2.88 bits per heavy atom. The summed E-state index contributed by atoms with van der Waals surface area (Å²) in [6.45, 7) is 9.26. The molecule has 0 aromatic heterocycles. The van der Waals surface area contributed by atoms with Gasteiger partial charge in [-0.05, 0) is 38.9 Å². The lowest BCUT2D eigenvalue weighted by molar-refractivity contribution is 0.0679. The second-order valence-corrected chi connectivity index (χ2v) is 4.66. The van der Waals surface area contributed by atoms with Gasteiger partial charge >= 0.3 is 0 Å². The SMILES string of the molecule is CCNC1CCN(CCCCOCCOC)C1. The van der Waals surface area contributed by atoms with Gasteiger partial charge in [0.25, 0.3) is 0 Å². The fourth-order valence-electron chi connectivity index (χ4n) is 2.27. The highest BCUT2D eigenvalue weighted by atomic mass is 16.5. The Hall–Kier alpha value is -0.160. The Morgan fingerprint density at radius 1 is 1.24 bits per heavy atom. The molecule has 17 heavy (non-hydrogen) atoms. The van der Waals surface area contributed by atoms with Crippen LogP contribution in [-0.4, -0.2) is 64.1 Å². The summed E-state index contributed by atoms with van der Waals surface area (Å²) >= 11 is 0. The molecule has 1 heterocycles. The Morgan fingerprint density at radius 2 is 2.12 bits per heavy atom. The molecule has 1 aliphatic rings. The maximum absolute atomic E-state index is 5.44. The number of methoxy groups -OCH3 is 1. The van der Waals surface area contributed by atoms with Crippen LogP contribution in [0.4, 0.5) is 0 Å². The van der Waals surface area contributed by atoms with E-state index in [4.69, 9.17) is 9.47 Å². The summed E-state index contributed by atoms with van der Waals surface area (Å²) in [6, 6.07) is 0.720. The molecule has 0 bridgehead atoms. The molecule has 0 saturated carbocycles. The van der Waals surface area contributed by atoms with Gasteiger partial charge in [-0.2, -0.15) is 0 Å². The standard InChI is InChI=1S/C13H28N2O2/c1-3-14-13-6-8-15(12-13)7-4-5-9-17-11-10-16-2/h13-14H,3-12H2,1-2H3. The van der Waals surface area contributed by atoms with Gasteiger partial charge < -0.3 is 19.7 Å². The molecule has 1 atom stereocenters. The minimum absolute atomic E-state index is 0.705. The van der Waals surface area contributed by atoms with E-state index in [1.807, 2.05) is 0 Å². The smallest absolute Gasteiger partial charge is 0.0700 e. The van der Waals surface area contributed by atoms with E-state index in [1.54, 1.807) is 7.11 Å². The predicted octanol–water partition coefficient (Wildman–Crippen LogP) is 1.11. The Balaban J connectivity index is 1.87. The van der Waals surface area contributed by atoms with Crippen molar-refractivity contribution in [2.75, 3.05) is 53.1 Å². The monoisotopic (exact) mass is 244 g/mol. The molecular weight excluding hydrogens is 216 g/mol. The molecule has 0 amide bonds. The normalized spacial score (nSPS) is 21.2. The molecule has 1 N–H and O–H groups in total. The van der Waals surface area contributed by atoms with Gasteiger partial charge in [-0.3, -0.25) is 0 Å². The minimum atomic E-state index is 0.705. The van der Waals surface area contributed by atoms with Gasteiger partial charge in [0.1, 0.15) is 0 Å². The molecule has 102 valence electrons. The zero-order valence-corrected chi connectivity index (χ0v) is 11.4. The zero-order chi connectivity index (χ0) is 12.3. The van der Waals surface area contributed by atoms with Crippen LogP contribution in [-0.2, 0) is 9.47 Å². The first-order valence-corrected chi connectivity index (χ1v) is 6.89. The van der Waals surface area contributed by atoms with Gasteiger partial charge in [0.2, 0.25) is 0 Å². The summed E-state index contributed by atoms with van der Waals surface area (Å²) in [5.74, 6) is 0. The largest absolute Gasteiger partial charge is 0.382 e. The third-order valence-electron chi connectivity index (χ3n) is 3.21. The van der Waals surface area contributed by atoms with Gasteiger partial charge in [-0.15, -0.1) is 0 Å². The van der Waals surface area contributed by atoms with E-state index in [1.165, 1.54) is 32.5 Å². The van der Waals surface area contributed by atoms with E-state index < -0.39 is 0 Å². The summed E-state index contributed by atoms with van der Waals surface area (Å²) in [4.78, 5) is 2.56. The second kappa shape index (κ2) is 9.83. The second-order valence-electron chi connectivity index (χ2n) is 4.66. The molecule has 0 aliphatic carbocycles. The number of likely N-dealkylation sites (tertiary alicyclic amines) is 1. The summed E-state index contributed by atoms with van der Waals surface area (Å²) in [7, 11) is 1.71. The molecule has 0 radical (unpaired) electrons. The summed E-state index contributed by atoms with van der Waals surface area (Å²) in [5.41, 5.74) is 0. The van der Waals surface area contributed by atoms with E-state index in [0.717, 1.165) is 32.2 Å². The van der Waals surface area contributed by atoms with Crippen molar-refractivity contribution in [2.24, 2.45) is 0 Å². The highest BCUT2D eigenvalue weighted by molar-refractivity contribution is 4.80. The summed E-state index contributed by atoms with van der Waals surface area (Å²) in [6.07, 6.45) is 3.70. The number of hydrogen-bond acceptors (Lipinski definition) is 4. The highest BCUT2D eigenvalue weighted by Gasteiger charge is 2.20. The molecule has 0 spiro atoms. The summed E-state index contributed by atoms with van der Waals surface area (Å²) in [5, 5.41) is 3.52. The number of nitrogens with zero attached hydrogens (tertiary/aromatic N) is 1. The number of hydrogen-bond donors (Lipinski definition) is 1. The van der Waals surface area contributed by atoms with Crippen molar-refractivity contribution in [1.82, 2.24) is 10.2 Å². The van der Waals surface area contributed by atoms with Crippen LogP contribution in [0.2, 0.25) is 0 Å².